The van der Waals surface area contributed by atoms with Gasteiger partial charge in [-0.25, -0.2) is 8.42 Å². The third kappa shape index (κ3) is 3.65. The molecule has 1 saturated heterocycles. The van der Waals surface area contributed by atoms with Gasteiger partial charge in [0.05, 0.1) is 11.5 Å². The Morgan fingerprint density at radius 3 is 2.27 bits per heavy atom. The van der Waals surface area contributed by atoms with E-state index < -0.39 is 9.84 Å². The zero-order chi connectivity index (χ0) is 15.7. The van der Waals surface area contributed by atoms with Crippen LogP contribution < -0.4 is 10.6 Å². The van der Waals surface area contributed by atoms with Crippen LogP contribution in [0.2, 0.25) is 0 Å². The van der Waals surface area contributed by atoms with Gasteiger partial charge in [-0.1, -0.05) is 0 Å². The predicted molar refractivity (Wildman–Crippen MR) is 82.3 cm³/mol. The molecule has 2 fully saturated rings. The number of carbonyl (C=O) groups is 2. The maximum atomic E-state index is 12.1. The van der Waals surface area contributed by atoms with Crippen molar-refractivity contribution in [1.82, 2.24) is 5.32 Å². The van der Waals surface area contributed by atoms with E-state index in [0.29, 0.717) is 17.7 Å². The summed E-state index contributed by atoms with van der Waals surface area (Å²) < 4.78 is 22.7. The molecule has 1 atom stereocenters. The highest BCUT2D eigenvalue weighted by Crippen LogP contribution is 2.30. The number of benzene rings is 1. The fraction of sp³-hybridized carbons (Fsp3) is 0.467. The van der Waals surface area contributed by atoms with E-state index in [4.69, 9.17) is 0 Å². The average molecular weight is 322 g/mol. The normalized spacial score (nSPS) is 23.0. The van der Waals surface area contributed by atoms with Gasteiger partial charge in [-0.15, -0.1) is 0 Å². The molecule has 3 rings (SSSR count). The Hall–Kier alpha value is -1.89. The first-order valence-electron chi connectivity index (χ1n) is 7.35. The number of hydrogen-bond acceptors (Lipinski definition) is 4. The third-order valence-corrected chi connectivity index (χ3v) is 5.70. The van der Waals surface area contributed by atoms with Crippen LogP contribution in [0.15, 0.2) is 24.3 Å². The molecule has 1 aromatic carbocycles. The molecule has 0 radical (unpaired) electrons. The van der Waals surface area contributed by atoms with Crippen LogP contribution in [0.25, 0.3) is 0 Å². The lowest BCUT2D eigenvalue weighted by molar-refractivity contribution is -0.117. The molecule has 2 N–H and O–H groups in total. The van der Waals surface area contributed by atoms with E-state index in [-0.39, 0.29) is 35.3 Å². The number of nitrogens with one attached hydrogen (secondary N) is 2. The molecule has 118 valence electrons. The second-order valence-electron chi connectivity index (χ2n) is 5.91. The summed E-state index contributed by atoms with van der Waals surface area (Å²) in [5, 5.41) is 5.54. The van der Waals surface area contributed by atoms with Gasteiger partial charge in [0, 0.05) is 23.2 Å². The standard InChI is InChI=1S/C15H18N2O4S/c18-14(10-1-2-10)16-12-5-3-11(4-6-12)15(19)17-13-7-8-22(20,21)9-13/h3-6,10,13H,1-2,7-9H2,(H,16,18)(H,17,19)/t13-/m1/s1. The van der Waals surface area contributed by atoms with Crippen LogP contribution in [0.1, 0.15) is 29.6 Å². The summed E-state index contributed by atoms with van der Waals surface area (Å²) in [6, 6.07) is 6.30. The summed E-state index contributed by atoms with van der Waals surface area (Å²) in [7, 11) is -3.01. The van der Waals surface area contributed by atoms with Crippen molar-refractivity contribution in [2.24, 2.45) is 5.92 Å². The number of sulfone groups is 1. The lowest BCUT2D eigenvalue weighted by atomic mass is 10.1. The quantitative estimate of drug-likeness (QED) is 0.863. The molecule has 1 aliphatic carbocycles. The lowest BCUT2D eigenvalue weighted by Gasteiger charge is -2.11. The van der Waals surface area contributed by atoms with Gasteiger partial charge in [-0.2, -0.15) is 0 Å². The Morgan fingerprint density at radius 1 is 1.05 bits per heavy atom. The van der Waals surface area contributed by atoms with E-state index in [1.807, 2.05) is 0 Å². The molecule has 1 saturated carbocycles. The Balaban J connectivity index is 1.57. The van der Waals surface area contributed by atoms with E-state index in [0.717, 1.165) is 12.8 Å². The van der Waals surface area contributed by atoms with Crippen LogP contribution in [-0.4, -0.2) is 37.8 Å². The van der Waals surface area contributed by atoms with Crippen LogP contribution in [0.4, 0.5) is 5.69 Å². The van der Waals surface area contributed by atoms with E-state index in [9.17, 15) is 18.0 Å². The molecular weight excluding hydrogens is 304 g/mol. The minimum atomic E-state index is -3.01. The summed E-state index contributed by atoms with van der Waals surface area (Å²) in [5.74, 6) is 0.000980. The SMILES string of the molecule is O=C(N[C@@H]1CCS(=O)(=O)C1)c1ccc(NC(=O)C2CC2)cc1. The molecule has 1 aromatic rings. The second-order valence-corrected chi connectivity index (χ2v) is 8.14. The van der Waals surface area contributed by atoms with E-state index in [1.54, 1.807) is 24.3 Å². The van der Waals surface area contributed by atoms with Crippen molar-refractivity contribution in [2.45, 2.75) is 25.3 Å². The van der Waals surface area contributed by atoms with Crippen LogP contribution in [0, 0.1) is 5.92 Å². The zero-order valence-electron chi connectivity index (χ0n) is 12.0. The highest BCUT2D eigenvalue weighted by Gasteiger charge is 2.30. The highest BCUT2D eigenvalue weighted by atomic mass is 32.2. The van der Waals surface area contributed by atoms with Gasteiger partial charge < -0.3 is 10.6 Å². The van der Waals surface area contributed by atoms with E-state index in [2.05, 4.69) is 10.6 Å². The zero-order valence-corrected chi connectivity index (χ0v) is 12.9. The molecule has 0 bridgehead atoms. The van der Waals surface area contributed by atoms with E-state index >= 15 is 0 Å². The maximum absolute atomic E-state index is 12.1. The van der Waals surface area contributed by atoms with Gasteiger partial charge >= 0.3 is 0 Å². The van der Waals surface area contributed by atoms with Gasteiger partial charge in [0.2, 0.25) is 5.91 Å². The monoisotopic (exact) mass is 322 g/mol. The van der Waals surface area contributed by atoms with Gasteiger partial charge in [0.15, 0.2) is 9.84 Å². The Kier molecular flexibility index (Phi) is 3.90. The number of amides is 2. The van der Waals surface area contributed by atoms with Gasteiger partial charge in [0.1, 0.15) is 0 Å². The first-order valence-corrected chi connectivity index (χ1v) is 9.17. The minimum absolute atomic E-state index is 0.00820. The Labute approximate surface area is 129 Å². The Morgan fingerprint density at radius 2 is 1.73 bits per heavy atom. The molecule has 0 unspecified atom stereocenters. The van der Waals surface area contributed by atoms with Crippen LogP contribution in [0.3, 0.4) is 0 Å². The van der Waals surface area contributed by atoms with Crippen molar-refractivity contribution in [3.05, 3.63) is 29.8 Å². The molecule has 22 heavy (non-hydrogen) atoms. The van der Waals surface area contributed by atoms with Gasteiger partial charge in [-0.05, 0) is 43.5 Å². The van der Waals surface area contributed by atoms with Gasteiger partial charge in [-0.3, -0.25) is 9.59 Å². The molecule has 2 amide bonds. The van der Waals surface area contributed by atoms with Crippen molar-refractivity contribution < 1.29 is 18.0 Å². The average Bonchev–Trinajstić information content (AvgIpc) is 3.25. The molecule has 6 nitrogen and oxygen atoms in total. The number of rotatable bonds is 4. The fourth-order valence-corrected chi connectivity index (χ4v) is 4.15. The molecule has 1 heterocycles. The van der Waals surface area contributed by atoms with Crippen molar-refractivity contribution in [1.29, 1.82) is 0 Å². The van der Waals surface area contributed by atoms with Crippen molar-refractivity contribution in [3.63, 3.8) is 0 Å². The van der Waals surface area contributed by atoms with Crippen LogP contribution in [0.5, 0.6) is 0 Å². The van der Waals surface area contributed by atoms with Crippen molar-refractivity contribution >= 4 is 27.3 Å². The van der Waals surface area contributed by atoms with Gasteiger partial charge in [0.25, 0.3) is 5.91 Å². The number of hydrogen-bond donors (Lipinski definition) is 2. The minimum Gasteiger partial charge on any atom is -0.348 e. The molecule has 1 aliphatic heterocycles. The number of anilines is 1. The highest BCUT2D eigenvalue weighted by molar-refractivity contribution is 7.91. The molecular formula is C15H18N2O4S. The second kappa shape index (κ2) is 5.72. The third-order valence-electron chi connectivity index (χ3n) is 3.93. The van der Waals surface area contributed by atoms with Crippen molar-refractivity contribution in [3.8, 4) is 0 Å². The summed E-state index contributed by atoms with van der Waals surface area (Å²) in [5.41, 5.74) is 1.12. The summed E-state index contributed by atoms with van der Waals surface area (Å²) >= 11 is 0. The van der Waals surface area contributed by atoms with E-state index in [1.165, 1.54) is 0 Å². The Bertz CT molecular complexity index is 693. The summed E-state index contributed by atoms with van der Waals surface area (Å²) in [6.45, 7) is 0. The van der Waals surface area contributed by atoms with Crippen molar-refractivity contribution in [2.75, 3.05) is 16.8 Å². The maximum Gasteiger partial charge on any atom is 0.251 e. The molecule has 0 spiro atoms. The largest absolute Gasteiger partial charge is 0.348 e. The number of carbonyl (C=O) groups excluding carboxylic acids is 2. The molecule has 0 aromatic heterocycles. The lowest BCUT2D eigenvalue weighted by Crippen LogP contribution is -2.35. The first-order chi connectivity index (χ1) is 10.4. The van der Waals surface area contributed by atoms with Crippen LogP contribution in [-0.2, 0) is 14.6 Å². The topological polar surface area (TPSA) is 92.3 Å². The first kappa shape index (κ1) is 15.0. The molecule has 2 aliphatic rings. The fourth-order valence-electron chi connectivity index (χ4n) is 2.47. The molecule has 7 heteroatoms. The summed E-state index contributed by atoms with van der Waals surface area (Å²) in [6.07, 6.45) is 2.34. The predicted octanol–water partition coefficient (Wildman–Crippen LogP) is 0.952. The smallest absolute Gasteiger partial charge is 0.251 e. The summed E-state index contributed by atoms with van der Waals surface area (Å²) in [4.78, 5) is 23.7. The van der Waals surface area contributed by atoms with Crippen LogP contribution >= 0.6 is 0 Å².